The fourth-order valence-corrected chi connectivity index (χ4v) is 3.61. The second-order valence-corrected chi connectivity index (χ2v) is 7.33. The standard InChI is InChI=1S/C20H21N5O8/c1-5-20(8-28-4)13(32-18(26)29-7-12-10(2)30-19(27)31-12)6-14(33-20)25-9-22-15-16(21)23-11(3)24-17(15)25/h1,9,13-14H,6-8H2,2-4H3,(H2,21,23,24)/t13-,14+,20+/m0/s1. The third-order valence-corrected chi connectivity index (χ3v) is 5.15. The molecular formula is C20H21N5O8. The number of aromatic nitrogens is 4. The number of carbonyl (C=O) groups excluding carboxylic acids is 1. The molecule has 0 amide bonds. The highest BCUT2D eigenvalue weighted by Gasteiger charge is 2.52. The minimum Gasteiger partial charge on any atom is -0.427 e. The van der Waals surface area contributed by atoms with Crippen LogP contribution in [0.5, 0.6) is 0 Å². The van der Waals surface area contributed by atoms with Crippen LogP contribution in [0.25, 0.3) is 11.2 Å². The Morgan fingerprint density at radius 1 is 1.39 bits per heavy atom. The molecule has 3 aromatic heterocycles. The van der Waals surface area contributed by atoms with E-state index >= 15 is 0 Å². The highest BCUT2D eigenvalue weighted by Crippen LogP contribution is 2.40. The number of carbonyl (C=O) groups is 1. The number of methoxy groups -OCH3 is 1. The Balaban J connectivity index is 1.55. The number of aryl methyl sites for hydroxylation is 2. The molecule has 0 spiro atoms. The first-order valence-corrected chi connectivity index (χ1v) is 9.80. The number of imidazole rings is 1. The van der Waals surface area contributed by atoms with Crippen LogP contribution < -0.4 is 11.6 Å². The summed E-state index contributed by atoms with van der Waals surface area (Å²) in [5.74, 6) is 2.58. The Morgan fingerprint density at radius 2 is 2.18 bits per heavy atom. The van der Waals surface area contributed by atoms with Crippen molar-refractivity contribution in [2.45, 2.75) is 44.8 Å². The lowest BCUT2D eigenvalue weighted by Crippen LogP contribution is -2.44. The van der Waals surface area contributed by atoms with Gasteiger partial charge in [-0.05, 0) is 13.8 Å². The van der Waals surface area contributed by atoms with E-state index in [1.165, 1.54) is 20.4 Å². The van der Waals surface area contributed by atoms with Crippen LogP contribution in [0.4, 0.5) is 10.6 Å². The molecule has 0 aliphatic carbocycles. The molecule has 13 nitrogen and oxygen atoms in total. The van der Waals surface area contributed by atoms with Crippen molar-refractivity contribution in [1.82, 2.24) is 19.5 Å². The van der Waals surface area contributed by atoms with Gasteiger partial charge in [-0.15, -0.1) is 6.42 Å². The number of nitrogens with zero attached hydrogens (tertiary/aromatic N) is 4. The van der Waals surface area contributed by atoms with Gasteiger partial charge in [0.15, 0.2) is 41.3 Å². The third-order valence-electron chi connectivity index (χ3n) is 5.15. The average molecular weight is 459 g/mol. The van der Waals surface area contributed by atoms with Crippen LogP contribution in [0.2, 0.25) is 0 Å². The molecule has 0 aromatic carbocycles. The summed E-state index contributed by atoms with van der Waals surface area (Å²) in [6, 6.07) is 0. The second kappa shape index (κ2) is 8.57. The quantitative estimate of drug-likeness (QED) is 0.414. The van der Waals surface area contributed by atoms with Crippen molar-refractivity contribution in [2.75, 3.05) is 19.5 Å². The summed E-state index contributed by atoms with van der Waals surface area (Å²) in [6.07, 6.45) is 4.74. The van der Waals surface area contributed by atoms with E-state index < -0.39 is 29.9 Å². The molecule has 1 aliphatic rings. The largest absolute Gasteiger partial charge is 0.519 e. The SMILES string of the molecule is C#C[C@]1(COC)O[C@@H](n2cnc3c(N)nc(C)nc32)C[C@@H]1OC(=O)OCc1oc(=O)oc1C. The Hall–Kier alpha value is -3.89. The fraction of sp³-hybridized carbons (Fsp3) is 0.450. The molecule has 13 heteroatoms. The Morgan fingerprint density at radius 3 is 2.85 bits per heavy atom. The van der Waals surface area contributed by atoms with Crippen molar-refractivity contribution in [3.8, 4) is 12.3 Å². The van der Waals surface area contributed by atoms with E-state index in [4.69, 9.17) is 39.9 Å². The van der Waals surface area contributed by atoms with Crippen LogP contribution in [-0.2, 0) is 25.6 Å². The van der Waals surface area contributed by atoms with Gasteiger partial charge in [0.05, 0.1) is 12.9 Å². The molecular weight excluding hydrogens is 438 g/mol. The number of rotatable bonds is 6. The van der Waals surface area contributed by atoms with E-state index in [1.807, 2.05) is 0 Å². The van der Waals surface area contributed by atoms with Crippen LogP contribution in [0.15, 0.2) is 20.0 Å². The molecule has 1 saturated heterocycles. The van der Waals surface area contributed by atoms with Crippen LogP contribution in [0.3, 0.4) is 0 Å². The summed E-state index contributed by atoms with van der Waals surface area (Å²) >= 11 is 0. The van der Waals surface area contributed by atoms with E-state index in [9.17, 15) is 9.59 Å². The lowest BCUT2D eigenvalue weighted by Gasteiger charge is -2.27. The van der Waals surface area contributed by atoms with Crippen molar-refractivity contribution in [3.63, 3.8) is 0 Å². The molecule has 0 bridgehead atoms. The molecule has 4 heterocycles. The maximum Gasteiger partial charge on any atom is 0.519 e. The number of nitrogen functional groups attached to an aromatic ring is 1. The molecule has 174 valence electrons. The van der Waals surface area contributed by atoms with Crippen LogP contribution in [0, 0.1) is 26.2 Å². The van der Waals surface area contributed by atoms with Crippen molar-refractivity contribution in [1.29, 1.82) is 0 Å². The smallest absolute Gasteiger partial charge is 0.427 e. The summed E-state index contributed by atoms with van der Waals surface area (Å²) in [5.41, 5.74) is 5.39. The molecule has 4 rings (SSSR count). The predicted octanol–water partition coefficient (Wildman–Crippen LogP) is 1.23. The summed E-state index contributed by atoms with van der Waals surface area (Å²) < 4.78 is 33.1. The highest BCUT2D eigenvalue weighted by molar-refractivity contribution is 5.81. The second-order valence-electron chi connectivity index (χ2n) is 7.33. The normalized spacial score (nSPS) is 22.4. The fourth-order valence-electron chi connectivity index (χ4n) is 3.61. The van der Waals surface area contributed by atoms with Gasteiger partial charge >= 0.3 is 12.0 Å². The monoisotopic (exact) mass is 459 g/mol. The zero-order chi connectivity index (χ0) is 23.8. The number of fused-ring (bicyclic) bond motifs is 1. The Kier molecular flexibility index (Phi) is 5.79. The van der Waals surface area contributed by atoms with E-state index in [1.54, 1.807) is 11.5 Å². The third kappa shape index (κ3) is 4.13. The number of nitrogens with two attached hydrogens (primary N) is 1. The van der Waals surface area contributed by atoms with Crippen molar-refractivity contribution < 1.29 is 32.6 Å². The number of terminal acetylenes is 1. The van der Waals surface area contributed by atoms with Gasteiger partial charge in [0.2, 0.25) is 0 Å². The maximum atomic E-state index is 12.4. The number of hydrogen-bond donors (Lipinski definition) is 1. The van der Waals surface area contributed by atoms with Gasteiger partial charge < -0.3 is 33.5 Å². The molecule has 1 fully saturated rings. The van der Waals surface area contributed by atoms with Gasteiger partial charge in [0.1, 0.15) is 17.6 Å². The van der Waals surface area contributed by atoms with Gasteiger partial charge in [-0.3, -0.25) is 4.57 Å². The van der Waals surface area contributed by atoms with Crippen molar-refractivity contribution in [2.24, 2.45) is 0 Å². The molecule has 0 unspecified atom stereocenters. The van der Waals surface area contributed by atoms with E-state index in [0.717, 1.165) is 0 Å². The molecule has 2 N–H and O–H groups in total. The molecule has 33 heavy (non-hydrogen) atoms. The number of anilines is 1. The van der Waals surface area contributed by atoms with Crippen LogP contribution in [0.1, 0.15) is 30.0 Å². The minimum atomic E-state index is -1.40. The van der Waals surface area contributed by atoms with Gasteiger partial charge in [-0.1, -0.05) is 5.92 Å². The average Bonchev–Trinajstić information content (AvgIpc) is 3.42. The van der Waals surface area contributed by atoms with E-state index in [2.05, 4.69) is 20.9 Å². The minimum absolute atomic E-state index is 0.0591. The lowest BCUT2D eigenvalue weighted by molar-refractivity contribution is -0.105. The van der Waals surface area contributed by atoms with Gasteiger partial charge in [0, 0.05) is 13.5 Å². The maximum absolute atomic E-state index is 12.4. The number of hydrogen-bond acceptors (Lipinski definition) is 12. The highest BCUT2D eigenvalue weighted by atomic mass is 16.7. The first kappa shape index (κ1) is 22.3. The predicted molar refractivity (Wildman–Crippen MR) is 110 cm³/mol. The summed E-state index contributed by atoms with van der Waals surface area (Å²) in [4.78, 5) is 36.3. The van der Waals surface area contributed by atoms with Gasteiger partial charge in [0.25, 0.3) is 0 Å². The molecule has 3 aromatic rings. The summed E-state index contributed by atoms with van der Waals surface area (Å²) in [5, 5.41) is 0. The lowest BCUT2D eigenvalue weighted by atomic mass is 9.98. The molecule has 0 saturated carbocycles. The Bertz CT molecular complexity index is 1290. The van der Waals surface area contributed by atoms with E-state index in [-0.39, 0.29) is 37.0 Å². The van der Waals surface area contributed by atoms with Gasteiger partial charge in [-0.25, -0.2) is 24.5 Å². The topological polar surface area (TPSA) is 167 Å². The van der Waals surface area contributed by atoms with Crippen molar-refractivity contribution >= 4 is 23.1 Å². The van der Waals surface area contributed by atoms with Gasteiger partial charge in [-0.2, -0.15) is 0 Å². The molecule has 1 aliphatic heterocycles. The first-order chi connectivity index (χ1) is 15.8. The Labute approximate surface area is 186 Å². The van der Waals surface area contributed by atoms with E-state index in [0.29, 0.717) is 17.0 Å². The van der Waals surface area contributed by atoms with Crippen molar-refractivity contribution in [3.05, 3.63) is 34.3 Å². The summed E-state index contributed by atoms with van der Waals surface area (Å²) in [6.45, 7) is 2.78. The molecule has 0 radical (unpaired) electrons. The zero-order valence-electron chi connectivity index (χ0n) is 18.1. The summed E-state index contributed by atoms with van der Waals surface area (Å²) in [7, 11) is 1.44. The zero-order valence-corrected chi connectivity index (χ0v) is 18.1. The molecule has 3 atom stereocenters. The number of ether oxygens (including phenoxy) is 4. The van der Waals surface area contributed by atoms with Crippen LogP contribution >= 0.6 is 0 Å². The first-order valence-electron chi connectivity index (χ1n) is 9.80. The van der Waals surface area contributed by atoms with Crippen LogP contribution in [-0.4, -0.2) is 51.1 Å².